The molecule has 0 aliphatic heterocycles. The van der Waals surface area contributed by atoms with E-state index >= 15 is 0 Å². The predicted molar refractivity (Wildman–Crippen MR) is 79.1 cm³/mol. The van der Waals surface area contributed by atoms with E-state index in [0.29, 0.717) is 17.6 Å². The van der Waals surface area contributed by atoms with Crippen molar-refractivity contribution in [2.75, 3.05) is 0 Å². The number of aryl methyl sites for hydroxylation is 1. The van der Waals surface area contributed by atoms with E-state index in [1.165, 1.54) is 0 Å². The standard InChI is InChI=1S/C8H8O2.C8H14O2/c1-6-2-4-7(5-3-6)8(9)10;1-3-5-6-7(4-2)8(9)10/h2-5H,1H3,(H,9,10);6H,3-5H2,1-2H3,(H,9,10)/b;7-6+. The Morgan fingerprint density at radius 2 is 1.65 bits per heavy atom. The van der Waals surface area contributed by atoms with E-state index in [1.54, 1.807) is 30.3 Å². The van der Waals surface area contributed by atoms with Crippen LogP contribution in [0.4, 0.5) is 0 Å². The fourth-order valence-electron chi connectivity index (χ4n) is 1.40. The molecule has 0 atom stereocenters. The Morgan fingerprint density at radius 1 is 1.10 bits per heavy atom. The zero-order chi connectivity index (χ0) is 15.5. The average molecular weight is 278 g/mol. The fraction of sp³-hybridized carbons (Fsp3) is 0.375. The highest BCUT2D eigenvalue weighted by Crippen LogP contribution is 2.03. The summed E-state index contributed by atoms with van der Waals surface area (Å²) in [5.74, 6) is -1.66. The molecule has 110 valence electrons. The van der Waals surface area contributed by atoms with Gasteiger partial charge in [0.15, 0.2) is 0 Å². The summed E-state index contributed by atoms with van der Waals surface area (Å²) in [6.07, 6.45) is 4.30. The second-order valence-corrected chi connectivity index (χ2v) is 4.35. The molecule has 0 aliphatic carbocycles. The lowest BCUT2D eigenvalue weighted by atomic mass is 10.1. The molecule has 0 aliphatic rings. The first-order chi connectivity index (χ1) is 9.42. The molecular weight excluding hydrogens is 256 g/mol. The maximum atomic E-state index is 10.4. The van der Waals surface area contributed by atoms with Crippen LogP contribution >= 0.6 is 0 Å². The molecule has 4 nitrogen and oxygen atoms in total. The molecule has 2 N–H and O–H groups in total. The molecule has 1 aromatic carbocycles. The van der Waals surface area contributed by atoms with Gasteiger partial charge in [-0.3, -0.25) is 0 Å². The third-order valence-corrected chi connectivity index (χ3v) is 2.63. The SMILES string of the molecule is CCC/C=C(\CC)C(=O)O.Cc1ccc(C(=O)O)cc1. The number of unbranched alkanes of at least 4 members (excludes halogenated alkanes) is 1. The minimum Gasteiger partial charge on any atom is -0.478 e. The fourth-order valence-corrected chi connectivity index (χ4v) is 1.40. The number of hydrogen-bond acceptors (Lipinski definition) is 2. The Balaban J connectivity index is 0.000000361. The minimum absolute atomic E-state index is 0.339. The lowest BCUT2D eigenvalue weighted by molar-refractivity contribution is -0.132. The number of rotatable bonds is 5. The topological polar surface area (TPSA) is 74.6 Å². The van der Waals surface area contributed by atoms with Crippen LogP contribution in [0.3, 0.4) is 0 Å². The van der Waals surface area contributed by atoms with E-state index in [-0.39, 0.29) is 0 Å². The molecule has 0 aromatic heterocycles. The van der Waals surface area contributed by atoms with Gasteiger partial charge in [-0.1, -0.05) is 44.0 Å². The molecule has 0 unspecified atom stereocenters. The van der Waals surface area contributed by atoms with Crippen molar-refractivity contribution >= 4 is 11.9 Å². The van der Waals surface area contributed by atoms with Gasteiger partial charge in [0.05, 0.1) is 5.56 Å². The van der Waals surface area contributed by atoms with Gasteiger partial charge in [0, 0.05) is 5.57 Å². The first kappa shape index (κ1) is 17.9. The van der Waals surface area contributed by atoms with E-state index in [2.05, 4.69) is 0 Å². The van der Waals surface area contributed by atoms with Crippen LogP contribution in [0.1, 0.15) is 49.0 Å². The van der Waals surface area contributed by atoms with Crippen LogP contribution in [-0.2, 0) is 4.79 Å². The summed E-state index contributed by atoms with van der Waals surface area (Å²) < 4.78 is 0. The second kappa shape index (κ2) is 9.78. The summed E-state index contributed by atoms with van der Waals surface area (Å²) in [5.41, 5.74) is 1.94. The van der Waals surface area contributed by atoms with Crippen molar-refractivity contribution in [3.8, 4) is 0 Å². The molecule has 0 bridgehead atoms. The Bertz CT molecular complexity index is 458. The van der Waals surface area contributed by atoms with Gasteiger partial charge in [-0.25, -0.2) is 9.59 Å². The van der Waals surface area contributed by atoms with Crippen molar-refractivity contribution < 1.29 is 19.8 Å². The largest absolute Gasteiger partial charge is 0.478 e. The van der Waals surface area contributed by atoms with Crippen LogP contribution in [0.5, 0.6) is 0 Å². The van der Waals surface area contributed by atoms with Crippen LogP contribution < -0.4 is 0 Å². The number of allylic oxidation sites excluding steroid dienone is 1. The quantitative estimate of drug-likeness (QED) is 0.801. The van der Waals surface area contributed by atoms with Gasteiger partial charge in [-0.05, 0) is 31.9 Å². The first-order valence-corrected chi connectivity index (χ1v) is 6.64. The molecule has 0 radical (unpaired) electrons. The van der Waals surface area contributed by atoms with E-state index in [0.717, 1.165) is 18.4 Å². The van der Waals surface area contributed by atoms with Crippen molar-refractivity contribution in [3.63, 3.8) is 0 Å². The Hall–Kier alpha value is -2.10. The molecule has 0 saturated heterocycles. The summed E-state index contributed by atoms with van der Waals surface area (Å²) in [7, 11) is 0. The lowest BCUT2D eigenvalue weighted by Crippen LogP contribution is -1.98. The number of carboxylic acids is 2. The first-order valence-electron chi connectivity index (χ1n) is 6.64. The Labute approximate surface area is 119 Å². The van der Waals surface area contributed by atoms with Crippen LogP contribution in [0, 0.1) is 6.92 Å². The predicted octanol–water partition coefficient (Wildman–Crippen LogP) is 3.90. The third kappa shape index (κ3) is 7.36. The Morgan fingerprint density at radius 3 is 2.00 bits per heavy atom. The summed E-state index contributed by atoms with van der Waals surface area (Å²) in [6.45, 7) is 5.81. The number of aliphatic carboxylic acids is 1. The highest BCUT2D eigenvalue weighted by atomic mass is 16.4. The minimum atomic E-state index is -0.875. The van der Waals surface area contributed by atoms with Gasteiger partial charge in [0.2, 0.25) is 0 Å². The maximum absolute atomic E-state index is 10.4. The second-order valence-electron chi connectivity index (χ2n) is 4.35. The van der Waals surface area contributed by atoms with Crippen molar-refractivity contribution in [1.82, 2.24) is 0 Å². The Kier molecular flexibility index (Phi) is 8.75. The maximum Gasteiger partial charge on any atom is 0.335 e. The molecule has 0 heterocycles. The summed E-state index contributed by atoms with van der Waals surface area (Å²) in [4.78, 5) is 20.7. The van der Waals surface area contributed by atoms with Crippen molar-refractivity contribution in [2.45, 2.75) is 40.0 Å². The molecule has 0 fully saturated rings. The molecule has 0 saturated carbocycles. The van der Waals surface area contributed by atoms with Gasteiger partial charge in [0.25, 0.3) is 0 Å². The molecule has 20 heavy (non-hydrogen) atoms. The van der Waals surface area contributed by atoms with Gasteiger partial charge in [-0.2, -0.15) is 0 Å². The van der Waals surface area contributed by atoms with Gasteiger partial charge >= 0.3 is 11.9 Å². The highest BCUT2D eigenvalue weighted by molar-refractivity contribution is 5.87. The molecule has 1 aromatic rings. The summed E-state index contributed by atoms with van der Waals surface area (Å²) in [6, 6.07) is 6.75. The van der Waals surface area contributed by atoms with Gasteiger partial charge in [0.1, 0.15) is 0 Å². The zero-order valence-corrected chi connectivity index (χ0v) is 12.2. The molecule has 0 amide bonds. The van der Waals surface area contributed by atoms with E-state index in [1.807, 2.05) is 20.8 Å². The van der Waals surface area contributed by atoms with Crippen LogP contribution in [0.15, 0.2) is 35.9 Å². The zero-order valence-electron chi connectivity index (χ0n) is 12.2. The molecule has 0 spiro atoms. The van der Waals surface area contributed by atoms with Crippen LogP contribution in [0.2, 0.25) is 0 Å². The smallest absolute Gasteiger partial charge is 0.335 e. The number of aromatic carboxylic acids is 1. The van der Waals surface area contributed by atoms with Gasteiger partial charge in [-0.15, -0.1) is 0 Å². The van der Waals surface area contributed by atoms with Crippen molar-refractivity contribution in [1.29, 1.82) is 0 Å². The highest BCUT2D eigenvalue weighted by Gasteiger charge is 2.01. The molecule has 4 heteroatoms. The number of carboxylic acid groups (broad SMARTS) is 2. The van der Waals surface area contributed by atoms with E-state index < -0.39 is 11.9 Å². The van der Waals surface area contributed by atoms with Crippen molar-refractivity contribution in [3.05, 3.63) is 47.0 Å². The third-order valence-electron chi connectivity index (χ3n) is 2.63. The number of hydrogen-bond donors (Lipinski definition) is 2. The van der Waals surface area contributed by atoms with Gasteiger partial charge < -0.3 is 10.2 Å². The normalized spacial score (nSPS) is 10.4. The average Bonchev–Trinajstić information content (AvgIpc) is 2.40. The van der Waals surface area contributed by atoms with E-state index in [4.69, 9.17) is 10.2 Å². The van der Waals surface area contributed by atoms with Crippen LogP contribution in [-0.4, -0.2) is 22.2 Å². The van der Waals surface area contributed by atoms with E-state index in [9.17, 15) is 9.59 Å². The number of carbonyl (C=O) groups is 2. The number of benzene rings is 1. The summed E-state index contributed by atoms with van der Waals surface area (Å²) in [5, 5.41) is 17.0. The summed E-state index contributed by atoms with van der Waals surface area (Å²) >= 11 is 0. The monoisotopic (exact) mass is 278 g/mol. The van der Waals surface area contributed by atoms with Crippen molar-refractivity contribution in [2.24, 2.45) is 0 Å². The van der Waals surface area contributed by atoms with Crippen LogP contribution in [0.25, 0.3) is 0 Å². The molecule has 1 rings (SSSR count). The molecular formula is C16H22O4. The lowest BCUT2D eigenvalue weighted by Gasteiger charge is -1.94.